The number of nitrogens with zero attached hydrogens (tertiary/aromatic N) is 4. The minimum absolute atomic E-state index is 0.107. The summed E-state index contributed by atoms with van der Waals surface area (Å²) in [6, 6.07) is 0. The zero-order valence-corrected chi connectivity index (χ0v) is 12.7. The van der Waals surface area contributed by atoms with Crippen molar-refractivity contribution in [3.63, 3.8) is 0 Å². The first-order chi connectivity index (χ1) is 9.51. The van der Waals surface area contributed by atoms with Crippen LogP contribution in [0.1, 0.15) is 18.4 Å². The highest BCUT2D eigenvalue weighted by Gasteiger charge is 2.26. The fourth-order valence-corrected chi connectivity index (χ4v) is 2.57. The summed E-state index contributed by atoms with van der Waals surface area (Å²) in [4.78, 5) is 24.6. The average molecular weight is 277 g/mol. The van der Waals surface area contributed by atoms with Gasteiger partial charge in [-0.1, -0.05) is 0 Å². The number of carbonyl (C=O) groups is 1. The second-order valence-electron chi connectivity index (χ2n) is 5.55. The largest absolute Gasteiger partial charge is 0.362 e. The van der Waals surface area contributed by atoms with Gasteiger partial charge in [-0.05, 0) is 19.3 Å². The van der Waals surface area contributed by atoms with Gasteiger partial charge in [0.2, 0.25) is 11.9 Å². The monoisotopic (exact) mass is 277 g/mol. The number of carbonyl (C=O) groups excluding carboxylic acids is 1. The quantitative estimate of drug-likeness (QED) is 0.882. The van der Waals surface area contributed by atoms with Crippen molar-refractivity contribution in [2.24, 2.45) is 5.92 Å². The van der Waals surface area contributed by atoms with Crippen LogP contribution in [0, 0.1) is 12.8 Å². The third kappa shape index (κ3) is 3.18. The topological polar surface area (TPSA) is 61.4 Å². The van der Waals surface area contributed by atoms with Gasteiger partial charge in [0.05, 0.1) is 0 Å². The van der Waals surface area contributed by atoms with Crippen molar-refractivity contribution in [1.29, 1.82) is 0 Å². The van der Waals surface area contributed by atoms with Crippen molar-refractivity contribution in [3.05, 3.63) is 11.8 Å². The Balaban J connectivity index is 2.06. The molecule has 6 nitrogen and oxygen atoms in total. The summed E-state index contributed by atoms with van der Waals surface area (Å²) in [5, 5.41) is 2.68. The van der Waals surface area contributed by atoms with E-state index in [1.807, 2.05) is 32.1 Å². The molecule has 0 bridgehead atoms. The lowest BCUT2D eigenvalue weighted by Gasteiger charge is -2.20. The minimum atomic E-state index is 0.107. The molecule has 1 atom stereocenters. The highest BCUT2D eigenvalue weighted by Crippen LogP contribution is 2.25. The number of nitrogens with one attached hydrogen (secondary N) is 1. The summed E-state index contributed by atoms with van der Waals surface area (Å²) in [6.07, 6.45) is 3.46. The van der Waals surface area contributed by atoms with E-state index in [0.29, 0.717) is 12.3 Å². The van der Waals surface area contributed by atoms with Crippen molar-refractivity contribution < 1.29 is 4.79 Å². The van der Waals surface area contributed by atoms with E-state index in [1.165, 1.54) is 0 Å². The van der Waals surface area contributed by atoms with Crippen LogP contribution in [0.5, 0.6) is 0 Å². The van der Waals surface area contributed by atoms with Gasteiger partial charge in [0.1, 0.15) is 5.82 Å². The lowest BCUT2D eigenvalue weighted by atomic mass is 10.1. The van der Waals surface area contributed by atoms with Gasteiger partial charge in [-0.25, -0.2) is 4.98 Å². The molecule has 0 aliphatic carbocycles. The van der Waals surface area contributed by atoms with Crippen LogP contribution in [0.15, 0.2) is 6.20 Å². The van der Waals surface area contributed by atoms with Gasteiger partial charge in [-0.2, -0.15) is 4.98 Å². The lowest BCUT2D eigenvalue weighted by molar-refractivity contribution is -0.121. The molecule has 1 aromatic rings. The van der Waals surface area contributed by atoms with Crippen molar-refractivity contribution >= 4 is 17.7 Å². The molecule has 1 aliphatic heterocycles. The van der Waals surface area contributed by atoms with E-state index in [0.717, 1.165) is 36.8 Å². The molecule has 1 amide bonds. The Morgan fingerprint density at radius 1 is 1.55 bits per heavy atom. The van der Waals surface area contributed by atoms with Gasteiger partial charge in [0.25, 0.3) is 0 Å². The molecule has 6 heteroatoms. The maximum absolute atomic E-state index is 11.4. The molecule has 1 unspecified atom stereocenters. The van der Waals surface area contributed by atoms with Crippen LogP contribution in [0.4, 0.5) is 11.8 Å². The minimum Gasteiger partial charge on any atom is -0.362 e. The summed E-state index contributed by atoms with van der Waals surface area (Å²) in [5.41, 5.74) is 1.07. The number of aryl methyl sites for hydroxylation is 1. The maximum Gasteiger partial charge on any atom is 0.227 e. The van der Waals surface area contributed by atoms with Gasteiger partial charge in [-0.3, -0.25) is 4.79 Å². The second kappa shape index (κ2) is 6.07. The standard InChI is InChI=1S/C14H23N5O/c1-10-8-16-14(17-13(10)18(3)4)19-6-5-11(9-19)7-12(20)15-2/h8,11H,5-7,9H2,1-4H3,(H,15,20). The fraction of sp³-hybridized carbons (Fsp3) is 0.643. The van der Waals surface area contributed by atoms with Gasteiger partial charge >= 0.3 is 0 Å². The first-order valence-corrected chi connectivity index (χ1v) is 6.97. The molecule has 1 aromatic heterocycles. The molecule has 110 valence electrons. The Bertz CT molecular complexity index is 488. The van der Waals surface area contributed by atoms with Crippen LogP contribution in [0.2, 0.25) is 0 Å². The van der Waals surface area contributed by atoms with Gasteiger partial charge < -0.3 is 15.1 Å². The van der Waals surface area contributed by atoms with Crippen LogP contribution >= 0.6 is 0 Å². The molecule has 1 aliphatic rings. The SMILES string of the molecule is CNC(=O)CC1CCN(c2ncc(C)c(N(C)C)n2)C1. The first kappa shape index (κ1) is 14.6. The van der Waals surface area contributed by atoms with E-state index in [1.54, 1.807) is 7.05 Å². The summed E-state index contributed by atoms with van der Waals surface area (Å²) < 4.78 is 0. The van der Waals surface area contributed by atoms with Crippen LogP contribution in [0.25, 0.3) is 0 Å². The molecule has 1 fully saturated rings. The Morgan fingerprint density at radius 2 is 2.30 bits per heavy atom. The van der Waals surface area contributed by atoms with Crippen LogP contribution < -0.4 is 15.1 Å². The second-order valence-corrected chi connectivity index (χ2v) is 5.55. The zero-order chi connectivity index (χ0) is 14.7. The van der Waals surface area contributed by atoms with Crippen molar-refractivity contribution in [2.45, 2.75) is 19.8 Å². The number of hydrogen-bond donors (Lipinski definition) is 1. The summed E-state index contributed by atoms with van der Waals surface area (Å²) in [5.74, 6) is 2.21. The number of rotatable bonds is 4. The van der Waals surface area contributed by atoms with Crippen LogP contribution in [-0.2, 0) is 4.79 Å². The molecule has 1 N–H and O–H groups in total. The van der Waals surface area contributed by atoms with E-state index in [9.17, 15) is 4.79 Å². The molecule has 0 spiro atoms. The predicted molar refractivity (Wildman–Crippen MR) is 80.1 cm³/mol. The molecular weight excluding hydrogens is 254 g/mol. The molecule has 0 saturated carbocycles. The number of aromatic nitrogens is 2. The van der Waals surface area contributed by atoms with E-state index in [2.05, 4.69) is 20.2 Å². The average Bonchev–Trinajstić information content (AvgIpc) is 2.87. The third-order valence-electron chi connectivity index (χ3n) is 3.68. The Morgan fingerprint density at radius 3 is 2.95 bits per heavy atom. The molecular formula is C14H23N5O. The summed E-state index contributed by atoms with van der Waals surface area (Å²) >= 11 is 0. The first-order valence-electron chi connectivity index (χ1n) is 6.97. The zero-order valence-electron chi connectivity index (χ0n) is 12.7. The number of hydrogen-bond acceptors (Lipinski definition) is 5. The highest BCUT2D eigenvalue weighted by atomic mass is 16.1. The molecule has 2 rings (SSSR count). The maximum atomic E-state index is 11.4. The summed E-state index contributed by atoms with van der Waals surface area (Å²) in [6.45, 7) is 3.78. The lowest BCUT2D eigenvalue weighted by Crippen LogP contribution is -2.26. The van der Waals surface area contributed by atoms with Crippen molar-refractivity contribution in [1.82, 2.24) is 15.3 Å². The molecule has 20 heavy (non-hydrogen) atoms. The third-order valence-corrected chi connectivity index (χ3v) is 3.68. The predicted octanol–water partition coefficient (Wildman–Crippen LogP) is 0.813. The van der Waals surface area contributed by atoms with E-state index < -0.39 is 0 Å². The van der Waals surface area contributed by atoms with Crippen LogP contribution in [-0.4, -0.2) is 50.1 Å². The summed E-state index contributed by atoms with van der Waals surface area (Å²) in [7, 11) is 5.65. The van der Waals surface area contributed by atoms with Gasteiger partial charge in [0.15, 0.2) is 0 Å². The smallest absolute Gasteiger partial charge is 0.227 e. The van der Waals surface area contributed by atoms with Gasteiger partial charge in [0, 0.05) is 52.4 Å². The normalized spacial score (nSPS) is 18.2. The van der Waals surface area contributed by atoms with Crippen molar-refractivity contribution in [2.75, 3.05) is 44.0 Å². The van der Waals surface area contributed by atoms with Gasteiger partial charge in [-0.15, -0.1) is 0 Å². The Labute approximate surface area is 120 Å². The van der Waals surface area contributed by atoms with E-state index in [4.69, 9.17) is 0 Å². The number of amides is 1. The molecule has 0 radical (unpaired) electrons. The fourth-order valence-electron chi connectivity index (χ4n) is 2.57. The molecule has 0 aromatic carbocycles. The van der Waals surface area contributed by atoms with E-state index in [-0.39, 0.29) is 5.91 Å². The van der Waals surface area contributed by atoms with Crippen molar-refractivity contribution in [3.8, 4) is 0 Å². The Hall–Kier alpha value is -1.85. The molecule has 1 saturated heterocycles. The Kier molecular flexibility index (Phi) is 4.42. The number of anilines is 2. The highest BCUT2D eigenvalue weighted by molar-refractivity contribution is 5.75. The van der Waals surface area contributed by atoms with E-state index >= 15 is 0 Å². The molecule has 2 heterocycles. The van der Waals surface area contributed by atoms with Crippen LogP contribution in [0.3, 0.4) is 0 Å².